The highest BCUT2D eigenvalue weighted by molar-refractivity contribution is 7.12. The molecule has 1 amide bonds. The summed E-state index contributed by atoms with van der Waals surface area (Å²) in [6.45, 7) is 4.01. The third kappa shape index (κ3) is 5.10. The van der Waals surface area contributed by atoms with Crippen molar-refractivity contribution in [1.29, 1.82) is 0 Å². The lowest BCUT2D eigenvalue weighted by atomic mass is 10.0. The number of hydrogen-bond donors (Lipinski definition) is 2. The highest BCUT2D eigenvalue weighted by Crippen LogP contribution is 2.28. The third-order valence-corrected chi connectivity index (χ3v) is 4.32. The molecule has 5 nitrogen and oxygen atoms in total. The van der Waals surface area contributed by atoms with Crippen LogP contribution < -0.4 is 5.32 Å². The predicted octanol–water partition coefficient (Wildman–Crippen LogP) is 3.81. The van der Waals surface area contributed by atoms with Crippen molar-refractivity contribution in [3.05, 3.63) is 57.3 Å². The SMILES string of the molecule is Cc1cc([C@H](CC(=O)O)NC(=O)OCc2ccccc2)c(C)s1. The molecule has 0 radical (unpaired) electrons. The van der Waals surface area contributed by atoms with Crippen molar-refractivity contribution in [3.8, 4) is 0 Å². The summed E-state index contributed by atoms with van der Waals surface area (Å²) in [6.07, 6.45) is -0.805. The molecule has 1 heterocycles. The molecule has 0 saturated carbocycles. The third-order valence-electron chi connectivity index (χ3n) is 3.34. The summed E-state index contributed by atoms with van der Waals surface area (Å²) in [6, 6.07) is 10.6. The van der Waals surface area contributed by atoms with E-state index in [-0.39, 0.29) is 13.0 Å². The van der Waals surface area contributed by atoms with Crippen molar-refractivity contribution in [2.75, 3.05) is 0 Å². The molecule has 2 N–H and O–H groups in total. The van der Waals surface area contributed by atoms with Crippen molar-refractivity contribution in [3.63, 3.8) is 0 Å². The van der Waals surface area contributed by atoms with Crippen LogP contribution in [0.3, 0.4) is 0 Å². The normalized spacial score (nSPS) is 11.7. The van der Waals surface area contributed by atoms with Gasteiger partial charge in [-0.3, -0.25) is 4.79 Å². The molecule has 0 aliphatic carbocycles. The number of carbonyl (C=O) groups is 2. The molecule has 0 saturated heterocycles. The molecular weight excluding hydrogens is 314 g/mol. The van der Waals surface area contributed by atoms with E-state index in [0.29, 0.717) is 0 Å². The summed E-state index contributed by atoms with van der Waals surface area (Å²) >= 11 is 1.58. The Hall–Kier alpha value is -2.34. The first-order valence-corrected chi connectivity index (χ1v) is 8.03. The number of amides is 1. The van der Waals surface area contributed by atoms with Crippen LogP contribution in [0, 0.1) is 13.8 Å². The summed E-state index contributed by atoms with van der Waals surface area (Å²) in [5, 5.41) is 11.7. The van der Waals surface area contributed by atoms with Crippen LogP contribution in [-0.4, -0.2) is 17.2 Å². The second-order valence-electron chi connectivity index (χ2n) is 5.23. The molecule has 1 aromatic carbocycles. The van der Waals surface area contributed by atoms with E-state index in [1.807, 2.05) is 50.2 Å². The molecule has 23 heavy (non-hydrogen) atoms. The van der Waals surface area contributed by atoms with Gasteiger partial charge < -0.3 is 15.2 Å². The summed E-state index contributed by atoms with van der Waals surface area (Å²) in [4.78, 5) is 25.1. The lowest BCUT2D eigenvalue weighted by molar-refractivity contribution is -0.137. The molecule has 122 valence electrons. The van der Waals surface area contributed by atoms with Crippen LogP contribution in [0.2, 0.25) is 0 Å². The Bertz CT molecular complexity index is 681. The van der Waals surface area contributed by atoms with Crippen LogP contribution in [0.15, 0.2) is 36.4 Å². The Kier molecular flexibility index (Phi) is 5.76. The van der Waals surface area contributed by atoms with Crippen LogP contribution >= 0.6 is 11.3 Å². The number of ether oxygens (including phenoxy) is 1. The minimum atomic E-state index is -0.971. The number of nitrogens with one attached hydrogen (secondary N) is 1. The van der Waals surface area contributed by atoms with Gasteiger partial charge >= 0.3 is 12.1 Å². The van der Waals surface area contributed by atoms with E-state index in [1.165, 1.54) is 0 Å². The molecule has 2 aromatic rings. The Labute approximate surface area is 138 Å². The van der Waals surface area contributed by atoms with Gasteiger partial charge in [-0.15, -0.1) is 11.3 Å². The number of rotatable bonds is 6. The molecule has 1 atom stereocenters. The van der Waals surface area contributed by atoms with E-state index in [4.69, 9.17) is 9.84 Å². The Morgan fingerprint density at radius 3 is 2.52 bits per heavy atom. The quantitative estimate of drug-likeness (QED) is 0.843. The van der Waals surface area contributed by atoms with Crippen LogP contribution in [-0.2, 0) is 16.1 Å². The van der Waals surface area contributed by atoms with Crippen molar-refractivity contribution >= 4 is 23.4 Å². The maximum Gasteiger partial charge on any atom is 0.407 e. The summed E-state index contributed by atoms with van der Waals surface area (Å²) < 4.78 is 5.17. The Balaban J connectivity index is 2.01. The first-order valence-electron chi connectivity index (χ1n) is 7.21. The fourth-order valence-corrected chi connectivity index (χ4v) is 3.30. The van der Waals surface area contributed by atoms with Crippen molar-refractivity contribution in [1.82, 2.24) is 5.32 Å². The number of carboxylic acid groups (broad SMARTS) is 1. The van der Waals surface area contributed by atoms with Crippen LogP contribution in [0.1, 0.15) is 33.3 Å². The number of carboxylic acids is 1. The van der Waals surface area contributed by atoms with Gasteiger partial charge in [-0.25, -0.2) is 4.79 Å². The van der Waals surface area contributed by atoms with E-state index < -0.39 is 18.1 Å². The van der Waals surface area contributed by atoms with Gasteiger partial charge in [0.1, 0.15) is 6.61 Å². The molecule has 0 aliphatic heterocycles. The smallest absolute Gasteiger partial charge is 0.407 e. The van der Waals surface area contributed by atoms with Crippen LogP contribution in [0.5, 0.6) is 0 Å². The second kappa shape index (κ2) is 7.78. The molecule has 2 rings (SSSR count). The fraction of sp³-hybridized carbons (Fsp3) is 0.294. The number of aryl methyl sites for hydroxylation is 2. The van der Waals surface area contributed by atoms with E-state index in [1.54, 1.807) is 11.3 Å². The predicted molar refractivity (Wildman–Crippen MR) is 88.5 cm³/mol. The van der Waals surface area contributed by atoms with Crippen molar-refractivity contribution in [2.45, 2.75) is 32.9 Å². The minimum Gasteiger partial charge on any atom is -0.481 e. The number of hydrogen-bond acceptors (Lipinski definition) is 4. The zero-order valence-corrected chi connectivity index (χ0v) is 13.9. The van der Waals surface area contributed by atoms with Gasteiger partial charge in [0.05, 0.1) is 12.5 Å². The zero-order valence-electron chi connectivity index (χ0n) is 13.0. The van der Waals surface area contributed by atoms with Gasteiger partial charge in [0.15, 0.2) is 0 Å². The Morgan fingerprint density at radius 2 is 1.96 bits per heavy atom. The van der Waals surface area contributed by atoms with Gasteiger partial charge in [0.25, 0.3) is 0 Å². The number of aliphatic carboxylic acids is 1. The van der Waals surface area contributed by atoms with Crippen LogP contribution in [0.25, 0.3) is 0 Å². The van der Waals surface area contributed by atoms with Gasteiger partial charge in [-0.05, 0) is 31.0 Å². The largest absolute Gasteiger partial charge is 0.481 e. The van der Waals surface area contributed by atoms with Crippen LogP contribution in [0.4, 0.5) is 4.79 Å². The Morgan fingerprint density at radius 1 is 1.26 bits per heavy atom. The van der Waals surface area contributed by atoms with Gasteiger partial charge in [-0.2, -0.15) is 0 Å². The molecular formula is C17H19NO4S. The maximum absolute atomic E-state index is 12.0. The summed E-state index contributed by atoms with van der Waals surface area (Å²) in [5.74, 6) is -0.971. The zero-order chi connectivity index (χ0) is 16.8. The fourth-order valence-electron chi connectivity index (χ4n) is 2.32. The topological polar surface area (TPSA) is 75.6 Å². The monoisotopic (exact) mass is 333 g/mol. The maximum atomic E-state index is 12.0. The number of carbonyl (C=O) groups excluding carboxylic acids is 1. The lowest BCUT2D eigenvalue weighted by Gasteiger charge is -2.17. The first kappa shape index (κ1) is 17.0. The minimum absolute atomic E-state index is 0.147. The average Bonchev–Trinajstić information content (AvgIpc) is 2.84. The summed E-state index contributed by atoms with van der Waals surface area (Å²) in [7, 11) is 0. The molecule has 0 spiro atoms. The van der Waals surface area contributed by atoms with E-state index in [2.05, 4.69) is 5.32 Å². The van der Waals surface area contributed by atoms with E-state index in [9.17, 15) is 9.59 Å². The first-order chi connectivity index (χ1) is 11.0. The number of benzene rings is 1. The average molecular weight is 333 g/mol. The van der Waals surface area contributed by atoms with Gasteiger partial charge in [0, 0.05) is 9.75 Å². The molecule has 0 unspecified atom stereocenters. The van der Waals surface area contributed by atoms with Gasteiger partial charge in [-0.1, -0.05) is 30.3 Å². The van der Waals surface area contributed by atoms with E-state index >= 15 is 0 Å². The standard InChI is InChI=1S/C17H19NO4S/c1-11-8-14(12(2)23-11)15(9-16(19)20)18-17(21)22-10-13-6-4-3-5-7-13/h3-8,15H,9-10H2,1-2H3,(H,18,21)(H,19,20)/t15-/m0/s1. The number of thiophene rings is 1. The highest BCUT2D eigenvalue weighted by atomic mass is 32.1. The van der Waals surface area contributed by atoms with Crippen molar-refractivity contribution in [2.24, 2.45) is 0 Å². The molecule has 1 aromatic heterocycles. The lowest BCUT2D eigenvalue weighted by Crippen LogP contribution is -2.30. The molecule has 0 fully saturated rings. The summed E-state index contributed by atoms with van der Waals surface area (Å²) in [5.41, 5.74) is 1.70. The van der Waals surface area contributed by atoms with E-state index in [0.717, 1.165) is 20.9 Å². The molecule has 6 heteroatoms. The number of alkyl carbamates (subject to hydrolysis) is 1. The second-order valence-corrected chi connectivity index (χ2v) is 6.69. The highest BCUT2D eigenvalue weighted by Gasteiger charge is 2.22. The molecule has 0 aliphatic rings. The molecule has 0 bridgehead atoms. The van der Waals surface area contributed by atoms with Crippen molar-refractivity contribution < 1.29 is 19.4 Å². The van der Waals surface area contributed by atoms with Gasteiger partial charge in [0.2, 0.25) is 0 Å².